The minimum absolute atomic E-state index is 0.119. The number of halogens is 2. The minimum Gasteiger partial charge on any atom is -0.274 e. The second-order valence-corrected chi connectivity index (χ2v) is 5.23. The van der Waals surface area contributed by atoms with Crippen LogP contribution < -0.4 is 4.90 Å². The number of nitrogens with zero attached hydrogens (tertiary/aromatic N) is 1. The molecule has 0 bridgehead atoms. The lowest BCUT2D eigenvalue weighted by Gasteiger charge is -2.17. The Morgan fingerprint density at radius 2 is 1.94 bits per heavy atom. The third-order valence-corrected chi connectivity index (χ3v) is 3.53. The maximum atomic E-state index is 13.5. The van der Waals surface area contributed by atoms with Gasteiger partial charge in [0.15, 0.2) is 0 Å². The van der Waals surface area contributed by atoms with Crippen LogP contribution in [0.5, 0.6) is 0 Å². The molecule has 1 atom stereocenters. The third kappa shape index (κ3) is 1.99. The van der Waals surface area contributed by atoms with Crippen molar-refractivity contribution in [3.63, 3.8) is 0 Å². The molecule has 2 amide bonds. The van der Waals surface area contributed by atoms with Crippen LogP contribution in [0.25, 0.3) is 0 Å². The van der Waals surface area contributed by atoms with Crippen molar-refractivity contribution < 1.29 is 14.0 Å². The molecular weight excluding hydrogens is 289 g/mol. The Hall–Kier alpha value is -1.23. The lowest BCUT2D eigenvalue weighted by molar-refractivity contribution is -0.121. The number of carbonyl (C=O) groups excluding carboxylic acids is 2. The predicted molar refractivity (Wildman–Crippen MR) is 65.7 cm³/mol. The van der Waals surface area contributed by atoms with Gasteiger partial charge in [0.05, 0.1) is 5.69 Å². The van der Waals surface area contributed by atoms with Gasteiger partial charge >= 0.3 is 0 Å². The second kappa shape index (κ2) is 4.22. The van der Waals surface area contributed by atoms with Crippen LogP contribution in [0.4, 0.5) is 10.1 Å². The monoisotopic (exact) mass is 299 g/mol. The zero-order valence-electron chi connectivity index (χ0n) is 9.46. The molecule has 1 aliphatic heterocycles. The summed E-state index contributed by atoms with van der Waals surface area (Å²) in [5.41, 5.74) is 1.55. The summed E-state index contributed by atoms with van der Waals surface area (Å²) in [5, 5.41) is 0. The van der Waals surface area contributed by atoms with Crippen LogP contribution in [-0.2, 0) is 9.59 Å². The molecule has 0 aliphatic carbocycles. The summed E-state index contributed by atoms with van der Waals surface area (Å²) < 4.78 is 13.5. The molecule has 0 N–H and O–H groups in total. The summed E-state index contributed by atoms with van der Waals surface area (Å²) in [6.07, 6.45) is 0.119. The zero-order chi connectivity index (χ0) is 12.7. The number of carbonyl (C=O) groups is 2. The van der Waals surface area contributed by atoms with Crippen LogP contribution >= 0.6 is 15.9 Å². The van der Waals surface area contributed by atoms with Crippen LogP contribution in [0, 0.1) is 19.7 Å². The van der Waals surface area contributed by atoms with Gasteiger partial charge in [0.25, 0.3) is 0 Å². The van der Waals surface area contributed by atoms with Gasteiger partial charge in [0.2, 0.25) is 11.8 Å². The fourth-order valence-corrected chi connectivity index (χ4v) is 2.39. The quantitative estimate of drug-likeness (QED) is 0.590. The van der Waals surface area contributed by atoms with E-state index in [1.54, 1.807) is 19.9 Å². The molecule has 90 valence electrons. The molecule has 1 heterocycles. The van der Waals surface area contributed by atoms with Gasteiger partial charge < -0.3 is 0 Å². The molecule has 0 saturated carbocycles. The van der Waals surface area contributed by atoms with E-state index in [-0.39, 0.29) is 18.2 Å². The van der Waals surface area contributed by atoms with Crippen LogP contribution in [0.15, 0.2) is 12.1 Å². The summed E-state index contributed by atoms with van der Waals surface area (Å²) >= 11 is 3.13. The number of amides is 2. The summed E-state index contributed by atoms with van der Waals surface area (Å²) in [7, 11) is 0. The zero-order valence-corrected chi connectivity index (χ0v) is 11.0. The number of alkyl halides is 1. The molecule has 3 nitrogen and oxygen atoms in total. The molecule has 0 radical (unpaired) electrons. The van der Waals surface area contributed by atoms with Crippen LogP contribution in [0.2, 0.25) is 0 Å². The van der Waals surface area contributed by atoms with Crippen molar-refractivity contribution >= 4 is 33.4 Å². The maximum absolute atomic E-state index is 13.5. The Balaban J connectivity index is 2.51. The average Bonchev–Trinajstić information content (AvgIpc) is 2.48. The van der Waals surface area contributed by atoms with E-state index in [1.807, 2.05) is 0 Å². The number of anilines is 1. The van der Waals surface area contributed by atoms with Gasteiger partial charge in [-0.05, 0) is 31.0 Å². The van der Waals surface area contributed by atoms with Crippen molar-refractivity contribution in [2.75, 3.05) is 4.90 Å². The topological polar surface area (TPSA) is 37.4 Å². The van der Waals surface area contributed by atoms with Crippen LogP contribution in [0.3, 0.4) is 0 Å². The highest BCUT2D eigenvalue weighted by Gasteiger charge is 2.38. The summed E-state index contributed by atoms with van der Waals surface area (Å²) in [6.45, 7) is 3.40. The number of aryl methyl sites for hydroxylation is 2. The van der Waals surface area contributed by atoms with E-state index in [0.717, 1.165) is 4.90 Å². The molecule has 5 heteroatoms. The van der Waals surface area contributed by atoms with E-state index in [2.05, 4.69) is 15.9 Å². The summed E-state index contributed by atoms with van der Waals surface area (Å²) in [6, 6.07) is 2.87. The van der Waals surface area contributed by atoms with Crippen molar-refractivity contribution in [3.8, 4) is 0 Å². The molecule has 17 heavy (non-hydrogen) atoms. The normalized spacial score (nSPS) is 20.2. The Labute approximate surface area is 107 Å². The molecule has 2 rings (SSSR count). The van der Waals surface area contributed by atoms with Gasteiger partial charge in [0.1, 0.15) is 10.6 Å². The Morgan fingerprint density at radius 3 is 2.47 bits per heavy atom. The smallest absolute Gasteiger partial charge is 0.248 e. The van der Waals surface area contributed by atoms with E-state index in [1.165, 1.54) is 6.07 Å². The lowest BCUT2D eigenvalue weighted by Crippen LogP contribution is -2.31. The van der Waals surface area contributed by atoms with Gasteiger partial charge in [-0.1, -0.05) is 22.0 Å². The molecule has 1 aliphatic rings. The summed E-state index contributed by atoms with van der Waals surface area (Å²) in [5.74, 6) is -1.05. The first-order valence-corrected chi connectivity index (χ1v) is 6.11. The van der Waals surface area contributed by atoms with Crippen molar-refractivity contribution in [2.45, 2.75) is 25.1 Å². The minimum atomic E-state index is -0.501. The standard InChI is InChI=1S/C12H11BrFNO2/c1-6-3-7(2)10(5-9(6)14)15-11(16)4-8(13)12(15)17/h3,5,8H,4H2,1-2H3. The maximum Gasteiger partial charge on any atom is 0.248 e. The van der Waals surface area contributed by atoms with Gasteiger partial charge in [-0.15, -0.1) is 0 Å². The lowest BCUT2D eigenvalue weighted by atomic mass is 10.1. The fraction of sp³-hybridized carbons (Fsp3) is 0.333. The Kier molecular flexibility index (Phi) is 3.03. The van der Waals surface area contributed by atoms with E-state index in [0.29, 0.717) is 16.8 Å². The largest absolute Gasteiger partial charge is 0.274 e. The second-order valence-electron chi connectivity index (χ2n) is 4.13. The number of hydrogen-bond acceptors (Lipinski definition) is 2. The highest BCUT2D eigenvalue weighted by atomic mass is 79.9. The van der Waals surface area contributed by atoms with Gasteiger partial charge in [-0.3, -0.25) is 9.59 Å². The molecule has 0 spiro atoms. The van der Waals surface area contributed by atoms with Gasteiger partial charge in [-0.2, -0.15) is 0 Å². The molecule has 1 aromatic carbocycles. The van der Waals surface area contributed by atoms with E-state index < -0.39 is 10.6 Å². The Morgan fingerprint density at radius 1 is 1.29 bits per heavy atom. The van der Waals surface area contributed by atoms with Crippen molar-refractivity contribution in [3.05, 3.63) is 29.1 Å². The van der Waals surface area contributed by atoms with Crippen molar-refractivity contribution in [2.24, 2.45) is 0 Å². The first-order chi connectivity index (χ1) is 7.91. The predicted octanol–water partition coefficient (Wildman–Crippen LogP) is 2.47. The number of hydrogen-bond donors (Lipinski definition) is 0. The van der Waals surface area contributed by atoms with Crippen molar-refractivity contribution in [1.82, 2.24) is 0 Å². The molecule has 1 unspecified atom stereocenters. The van der Waals surface area contributed by atoms with Crippen LogP contribution in [0.1, 0.15) is 17.5 Å². The Bertz CT molecular complexity index is 515. The molecule has 1 fully saturated rings. The average molecular weight is 300 g/mol. The number of imide groups is 1. The SMILES string of the molecule is Cc1cc(C)c(N2C(=O)CC(Br)C2=O)cc1F. The van der Waals surface area contributed by atoms with Gasteiger partial charge in [-0.25, -0.2) is 9.29 Å². The first-order valence-electron chi connectivity index (χ1n) is 5.19. The molecule has 1 aromatic rings. The van der Waals surface area contributed by atoms with Gasteiger partial charge in [0, 0.05) is 6.42 Å². The highest BCUT2D eigenvalue weighted by Crippen LogP contribution is 2.30. The fourth-order valence-electron chi connectivity index (χ4n) is 1.90. The summed E-state index contributed by atoms with van der Waals surface area (Å²) in [4.78, 5) is 24.0. The number of rotatable bonds is 1. The third-order valence-electron chi connectivity index (χ3n) is 2.81. The molecule has 1 saturated heterocycles. The van der Waals surface area contributed by atoms with E-state index in [4.69, 9.17) is 0 Å². The first kappa shape index (κ1) is 12.2. The molecular formula is C12H11BrFNO2. The van der Waals surface area contributed by atoms with E-state index in [9.17, 15) is 14.0 Å². The van der Waals surface area contributed by atoms with Crippen molar-refractivity contribution in [1.29, 1.82) is 0 Å². The molecule has 0 aromatic heterocycles. The highest BCUT2D eigenvalue weighted by molar-refractivity contribution is 9.10. The van der Waals surface area contributed by atoms with E-state index >= 15 is 0 Å². The number of benzene rings is 1. The van der Waals surface area contributed by atoms with Crippen LogP contribution in [-0.4, -0.2) is 16.6 Å².